The van der Waals surface area contributed by atoms with Gasteiger partial charge in [-0.2, -0.15) is 4.98 Å². The second-order valence-electron chi connectivity index (χ2n) is 6.16. The molecule has 19 heavy (non-hydrogen) atoms. The maximum absolute atomic E-state index is 5.37. The molecule has 0 amide bonds. The van der Waals surface area contributed by atoms with Crippen molar-refractivity contribution in [1.29, 1.82) is 0 Å². The number of nitrogens with zero attached hydrogens (tertiary/aromatic N) is 2. The molecule has 106 valence electrons. The van der Waals surface area contributed by atoms with Crippen LogP contribution in [0.1, 0.15) is 75.4 Å². The predicted molar refractivity (Wildman–Crippen MR) is 73.8 cm³/mol. The summed E-state index contributed by atoms with van der Waals surface area (Å²) in [5, 5.41) is 7.61. The molecule has 0 bridgehead atoms. The van der Waals surface area contributed by atoms with Gasteiger partial charge in [0.1, 0.15) is 0 Å². The molecule has 4 nitrogen and oxygen atoms in total. The summed E-state index contributed by atoms with van der Waals surface area (Å²) in [6.07, 6.45) is 12.0. The number of hydrogen-bond acceptors (Lipinski definition) is 4. The smallest absolute Gasteiger partial charge is 0.240 e. The van der Waals surface area contributed by atoms with Gasteiger partial charge in [-0.3, -0.25) is 0 Å². The molecule has 1 aromatic rings. The van der Waals surface area contributed by atoms with E-state index < -0.39 is 0 Å². The first-order chi connectivity index (χ1) is 9.42. The van der Waals surface area contributed by atoms with Crippen LogP contribution < -0.4 is 5.32 Å². The van der Waals surface area contributed by atoms with Gasteiger partial charge in [-0.1, -0.05) is 37.3 Å². The minimum atomic E-state index is 0.529. The van der Waals surface area contributed by atoms with Crippen LogP contribution in [0, 0.1) is 5.92 Å². The Labute approximate surface area is 115 Å². The highest BCUT2D eigenvalue weighted by atomic mass is 16.5. The lowest BCUT2D eigenvalue weighted by atomic mass is 9.91. The largest absolute Gasteiger partial charge is 0.338 e. The first-order valence-electron chi connectivity index (χ1n) is 7.95. The zero-order chi connectivity index (χ0) is 12.9. The van der Waals surface area contributed by atoms with Gasteiger partial charge in [-0.15, -0.1) is 0 Å². The van der Waals surface area contributed by atoms with Gasteiger partial charge in [-0.25, -0.2) is 0 Å². The zero-order valence-electron chi connectivity index (χ0n) is 11.7. The van der Waals surface area contributed by atoms with Crippen molar-refractivity contribution in [2.75, 3.05) is 6.54 Å². The summed E-state index contributed by atoms with van der Waals surface area (Å²) in [5.41, 5.74) is 0. The van der Waals surface area contributed by atoms with Crippen molar-refractivity contribution < 1.29 is 4.52 Å². The van der Waals surface area contributed by atoms with E-state index in [1.54, 1.807) is 0 Å². The molecule has 0 atom stereocenters. The molecular weight excluding hydrogens is 238 g/mol. The van der Waals surface area contributed by atoms with Crippen molar-refractivity contribution in [1.82, 2.24) is 15.5 Å². The molecule has 1 heterocycles. The molecule has 2 aliphatic carbocycles. The Kier molecular flexibility index (Phi) is 4.49. The highest BCUT2D eigenvalue weighted by Gasteiger charge is 2.22. The van der Waals surface area contributed by atoms with Gasteiger partial charge in [0.15, 0.2) is 5.82 Å². The molecule has 0 radical (unpaired) electrons. The molecule has 2 saturated carbocycles. The quantitative estimate of drug-likeness (QED) is 0.884. The summed E-state index contributed by atoms with van der Waals surface area (Å²) in [7, 11) is 0. The minimum Gasteiger partial charge on any atom is -0.338 e. The van der Waals surface area contributed by atoms with Crippen LogP contribution in [0.4, 0.5) is 0 Å². The van der Waals surface area contributed by atoms with Crippen LogP contribution in [0.5, 0.6) is 0 Å². The number of hydrogen-bond donors (Lipinski definition) is 1. The summed E-state index contributed by atoms with van der Waals surface area (Å²) in [4.78, 5) is 4.58. The van der Waals surface area contributed by atoms with Gasteiger partial charge in [-0.05, 0) is 38.1 Å². The average molecular weight is 263 g/mol. The topological polar surface area (TPSA) is 51.0 Å². The zero-order valence-corrected chi connectivity index (χ0v) is 11.7. The van der Waals surface area contributed by atoms with E-state index in [9.17, 15) is 0 Å². The molecule has 0 aliphatic heterocycles. The Morgan fingerprint density at radius 1 is 1.00 bits per heavy atom. The summed E-state index contributed by atoms with van der Waals surface area (Å²) in [6, 6.07) is 0. The van der Waals surface area contributed by atoms with Crippen molar-refractivity contribution in [3.05, 3.63) is 11.7 Å². The van der Waals surface area contributed by atoms with Crippen molar-refractivity contribution in [3.63, 3.8) is 0 Å². The Bertz CT molecular complexity index is 378. The third kappa shape index (κ3) is 4.03. The normalized spacial score (nSPS) is 22.1. The lowest BCUT2D eigenvalue weighted by Crippen LogP contribution is -2.16. The van der Waals surface area contributed by atoms with E-state index in [0.717, 1.165) is 30.7 Å². The van der Waals surface area contributed by atoms with E-state index in [0.29, 0.717) is 5.92 Å². The van der Waals surface area contributed by atoms with Crippen LogP contribution in [0.15, 0.2) is 4.52 Å². The number of nitrogens with one attached hydrogen (secondary N) is 1. The summed E-state index contributed by atoms with van der Waals surface area (Å²) < 4.78 is 5.37. The second kappa shape index (κ2) is 6.51. The molecule has 3 rings (SSSR count). The SMILES string of the molecule is C1CCCC(c2noc(CNCC3CC3)n2)CCC1. The third-order valence-corrected chi connectivity index (χ3v) is 4.36. The maximum Gasteiger partial charge on any atom is 0.240 e. The van der Waals surface area contributed by atoms with Gasteiger partial charge in [0.2, 0.25) is 5.89 Å². The first-order valence-corrected chi connectivity index (χ1v) is 7.95. The van der Waals surface area contributed by atoms with Gasteiger partial charge in [0, 0.05) is 5.92 Å². The molecule has 0 unspecified atom stereocenters. The van der Waals surface area contributed by atoms with Crippen LogP contribution >= 0.6 is 0 Å². The molecule has 0 spiro atoms. The third-order valence-electron chi connectivity index (χ3n) is 4.36. The first kappa shape index (κ1) is 13.1. The molecular formula is C15H25N3O. The van der Waals surface area contributed by atoms with E-state index in [1.807, 2.05) is 0 Å². The van der Waals surface area contributed by atoms with Gasteiger partial charge >= 0.3 is 0 Å². The standard InChI is InChI=1S/C15H25N3O/c1-2-4-6-13(7-5-3-1)15-17-14(19-18-15)11-16-10-12-8-9-12/h12-13,16H,1-11H2. The lowest BCUT2D eigenvalue weighted by molar-refractivity contribution is 0.353. The van der Waals surface area contributed by atoms with Crippen molar-refractivity contribution in [3.8, 4) is 0 Å². The fraction of sp³-hybridized carbons (Fsp3) is 0.867. The van der Waals surface area contributed by atoms with E-state index in [-0.39, 0.29) is 0 Å². The number of rotatable bonds is 5. The van der Waals surface area contributed by atoms with Gasteiger partial charge in [0.25, 0.3) is 0 Å². The Balaban J connectivity index is 1.49. The average Bonchev–Trinajstić information content (AvgIpc) is 3.07. The highest BCUT2D eigenvalue weighted by Crippen LogP contribution is 2.29. The highest BCUT2D eigenvalue weighted by molar-refractivity contribution is 4.96. The number of aromatic nitrogens is 2. The van der Waals surface area contributed by atoms with Gasteiger partial charge in [0.05, 0.1) is 6.54 Å². The van der Waals surface area contributed by atoms with Crippen molar-refractivity contribution in [2.24, 2.45) is 5.92 Å². The van der Waals surface area contributed by atoms with E-state index in [1.165, 1.54) is 57.8 Å². The van der Waals surface area contributed by atoms with Crippen molar-refractivity contribution >= 4 is 0 Å². The Morgan fingerprint density at radius 2 is 1.74 bits per heavy atom. The van der Waals surface area contributed by atoms with Crippen LogP contribution in [-0.4, -0.2) is 16.7 Å². The minimum absolute atomic E-state index is 0.529. The lowest BCUT2D eigenvalue weighted by Gasteiger charge is -2.15. The second-order valence-corrected chi connectivity index (χ2v) is 6.16. The Morgan fingerprint density at radius 3 is 2.47 bits per heavy atom. The summed E-state index contributed by atoms with van der Waals surface area (Å²) >= 11 is 0. The molecule has 0 saturated heterocycles. The van der Waals surface area contributed by atoms with Crippen molar-refractivity contribution in [2.45, 2.75) is 70.3 Å². The molecule has 0 aromatic carbocycles. The molecule has 1 aromatic heterocycles. The summed E-state index contributed by atoms with van der Waals surface area (Å²) in [5.74, 6) is 3.14. The molecule has 4 heteroatoms. The fourth-order valence-corrected chi connectivity index (χ4v) is 2.93. The van der Waals surface area contributed by atoms with E-state index in [4.69, 9.17) is 4.52 Å². The van der Waals surface area contributed by atoms with Gasteiger partial charge < -0.3 is 9.84 Å². The fourth-order valence-electron chi connectivity index (χ4n) is 2.93. The van der Waals surface area contributed by atoms with Crippen LogP contribution in [0.3, 0.4) is 0 Å². The Hall–Kier alpha value is -0.900. The summed E-state index contributed by atoms with van der Waals surface area (Å²) in [6.45, 7) is 1.83. The van der Waals surface area contributed by atoms with E-state index >= 15 is 0 Å². The van der Waals surface area contributed by atoms with Crippen LogP contribution in [0.25, 0.3) is 0 Å². The molecule has 2 fully saturated rings. The van der Waals surface area contributed by atoms with E-state index in [2.05, 4.69) is 15.5 Å². The maximum atomic E-state index is 5.37. The molecule has 1 N–H and O–H groups in total. The molecule has 2 aliphatic rings. The monoisotopic (exact) mass is 263 g/mol. The van der Waals surface area contributed by atoms with Crippen LogP contribution in [0.2, 0.25) is 0 Å². The van der Waals surface area contributed by atoms with Crippen LogP contribution in [-0.2, 0) is 6.54 Å². The predicted octanol–water partition coefficient (Wildman–Crippen LogP) is 3.40.